The summed E-state index contributed by atoms with van der Waals surface area (Å²) in [5.41, 5.74) is 0.106. The number of carbonyl (C=O) groups excluding carboxylic acids is 1. The lowest BCUT2D eigenvalue weighted by Gasteiger charge is -2.34. The molecule has 3 rings (SSSR count). The van der Waals surface area contributed by atoms with Crippen molar-refractivity contribution in [3.63, 3.8) is 0 Å². The largest absolute Gasteiger partial charge is 0.490 e. The monoisotopic (exact) mass is 355 g/mol. The number of rotatable bonds is 6. The van der Waals surface area contributed by atoms with Gasteiger partial charge >= 0.3 is 0 Å². The lowest BCUT2D eigenvalue weighted by Crippen LogP contribution is -2.46. The van der Waals surface area contributed by atoms with Crippen LogP contribution in [0.1, 0.15) is 52.4 Å². The topological polar surface area (TPSA) is 47.6 Å². The molecule has 1 fully saturated rings. The Kier molecular flexibility index (Phi) is 5.82. The number of amides is 1. The van der Waals surface area contributed by atoms with Crippen LogP contribution in [0.15, 0.2) is 36.4 Å². The fraction of sp³-hybridized carbons (Fsp3) is 0.500. The molecular weight excluding hydrogens is 326 g/mol. The lowest BCUT2D eigenvalue weighted by molar-refractivity contribution is -0.141. The molecule has 0 bridgehead atoms. The van der Waals surface area contributed by atoms with Gasteiger partial charge in [-0.25, -0.2) is 0 Å². The van der Waals surface area contributed by atoms with Crippen LogP contribution >= 0.6 is 0 Å². The molecule has 0 radical (unpaired) electrons. The van der Waals surface area contributed by atoms with Gasteiger partial charge < -0.3 is 14.8 Å². The first-order valence-corrected chi connectivity index (χ1v) is 9.64. The van der Waals surface area contributed by atoms with Gasteiger partial charge in [-0.05, 0) is 38.3 Å². The second-order valence-corrected chi connectivity index (χ2v) is 7.21. The first-order valence-electron chi connectivity index (χ1n) is 9.64. The van der Waals surface area contributed by atoms with E-state index in [1.54, 1.807) is 7.11 Å². The number of anilines is 1. The highest BCUT2D eigenvalue weighted by Crippen LogP contribution is 2.35. The van der Waals surface area contributed by atoms with Crippen molar-refractivity contribution in [2.24, 2.45) is 0 Å². The number of benzene rings is 2. The molecule has 0 spiro atoms. The maximum Gasteiger partial charge on any atom is 0.256 e. The van der Waals surface area contributed by atoms with E-state index in [0.29, 0.717) is 0 Å². The zero-order valence-corrected chi connectivity index (χ0v) is 16.0. The van der Waals surface area contributed by atoms with E-state index in [0.717, 1.165) is 54.3 Å². The zero-order chi connectivity index (χ0) is 18.6. The van der Waals surface area contributed by atoms with Crippen LogP contribution in [0.2, 0.25) is 0 Å². The molecule has 1 unspecified atom stereocenters. The highest BCUT2D eigenvalue weighted by molar-refractivity contribution is 6.06. The molecule has 2 aromatic rings. The van der Waals surface area contributed by atoms with E-state index >= 15 is 0 Å². The average Bonchev–Trinajstić information content (AvgIpc) is 2.70. The van der Waals surface area contributed by atoms with Crippen molar-refractivity contribution in [1.29, 1.82) is 0 Å². The molecule has 0 saturated heterocycles. The third-order valence-electron chi connectivity index (χ3n) is 5.50. The number of methoxy groups -OCH3 is 1. The number of fused-ring (bicyclic) bond motifs is 1. The van der Waals surface area contributed by atoms with Crippen molar-refractivity contribution in [2.45, 2.75) is 64.1 Å². The molecule has 26 heavy (non-hydrogen) atoms. The summed E-state index contributed by atoms with van der Waals surface area (Å²) in [5.74, 6) is 0.813. The van der Waals surface area contributed by atoms with Crippen LogP contribution in [0.5, 0.6) is 5.75 Å². The Morgan fingerprint density at radius 1 is 1.12 bits per heavy atom. The minimum Gasteiger partial charge on any atom is -0.490 e. The molecule has 0 aromatic heterocycles. The molecule has 4 nitrogen and oxygen atoms in total. The van der Waals surface area contributed by atoms with E-state index < -0.39 is 5.60 Å². The Balaban J connectivity index is 1.91. The quantitative estimate of drug-likeness (QED) is 0.764. The smallest absolute Gasteiger partial charge is 0.256 e. The second kappa shape index (κ2) is 8.09. The molecular formula is C22H29NO3. The molecule has 4 heteroatoms. The fourth-order valence-corrected chi connectivity index (χ4v) is 3.67. The summed E-state index contributed by atoms with van der Waals surface area (Å²) in [6, 6.07) is 11.9. The standard InChI is InChI=1S/C22H29NO3/c1-4-16(2)26-20-13-12-19(17-10-6-7-11-18(17)20)23-21(24)22(25-3)14-8-5-9-15-22/h6-7,10-13,16H,4-5,8-9,14-15H2,1-3H3,(H,23,24). The summed E-state index contributed by atoms with van der Waals surface area (Å²) < 4.78 is 11.7. The highest BCUT2D eigenvalue weighted by Gasteiger charge is 2.39. The zero-order valence-electron chi connectivity index (χ0n) is 16.0. The van der Waals surface area contributed by atoms with Gasteiger partial charge in [0, 0.05) is 23.6 Å². The summed E-state index contributed by atoms with van der Waals surface area (Å²) in [5, 5.41) is 5.13. The van der Waals surface area contributed by atoms with Gasteiger partial charge in [0.2, 0.25) is 0 Å². The maximum absolute atomic E-state index is 13.0. The number of nitrogens with one attached hydrogen (secondary N) is 1. The Morgan fingerprint density at radius 2 is 1.81 bits per heavy atom. The average molecular weight is 355 g/mol. The lowest BCUT2D eigenvalue weighted by atomic mass is 9.83. The summed E-state index contributed by atoms with van der Waals surface area (Å²) in [4.78, 5) is 13.0. The molecule has 1 atom stereocenters. The minimum atomic E-state index is -0.703. The third-order valence-corrected chi connectivity index (χ3v) is 5.50. The second-order valence-electron chi connectivity index (χ2n) is 7.21. The Labute approximate surface area is 155 Å². The van der Waals surface area contributed by atoms with Crippen molar-refractivity contribution in [2.75, 3.05) is 12.4 Å². The van der Waals surface area contributed by atoms with E-state index in [9.17, 15) is 4.79 Å². The Bertz CT molecular complexity index is 765. The van der Waals surface area contributed by atoms with Crippen LogP contribution in [0.25, 0.3) is 10.8 Å². The molecule has 1 saturated carbocycles. The van der Waals surface area contributed by atoms with Gasteiger partial charge in [-0.2, -0.15) is 0 Å². The Morgan fingerprint density at radius 3 is 2.46 bits per heavy atom. The predicted octanol–water partition coefficient (Wildman–Crippen LogP) is 5.30. The van der Waals surface area contributed by atoms with Gasteiger partial charge in [0.25, 0.3) is 5.91 Å². The summed E-state index contributed by atoms with van der Waals surface area (Å²) in [6.07, 6.45) is 5.89. The van der Waals surface area contributed by atoms with Crippen LogP contribution in [0.4, 0.5) is 5.69 Å². The van der Waals surface area contributed by atoms with E-state index in [1.165, 1.54) is 6.42 Å². The summed E-state index contributed by atoms with van der Waals surface area (Å²) in [6.45, 7) is 4.17. The van der Waals surface area contributed by atoms with Crippen LogP contribution in [-0.2, 0) is 9.53 Å². The minimum absolute atomic E-state index is 0.0413. The summed E-state index contributed by atoms with van der Waals surface area (Å²) in [7, 11) is 1.64. The first-order chi connectivity index (χ1) is 12.6. The molecule has 140 valence electrons. The molecule has 1 aliphatic carbocycles. The van der Waals surface area contributed by atoms with Gasteiger partial charge in [-0.1, -0.05) is 50.5 Å². The number of hydrogen-bond acceptors (Lipinski definition) is 3. The summed E-state index contributed by atoms with van der Waals surface area (Å²) >= 11 is 0. The van der Waals surface area contributed by atoms with Gasteiger partial charge in [-0.15, -0.1) is 0 Å². The van der Waals surface area contributed by atoms with Gasteiger partial charge in [0.1, 0.15) is 11.4 Å². The molecule has 1 aliphatic rings. The van der Waals surface area contributed by atoms with Crippen molar-refractivity contribution in [3.05, 3.63) is 36.4 Å². The van der Waals surface area contributed by atoms with E-state index in [2.05, 4.69) is 19.2 Å². The SMILES string of the molecule is CCC(C)Oc1ccc(NC(=O)C2(OC)CCCCC2)c2ccccc12. The fourth-order valence-electron chi connectivity index (χ4n) is 3.67. The first kappa shape index (κ1) is 18.7. The number of carbonyl (C=O) groups is 1. The van der Waals surface area contributed by atoms with Crippen molar-refractivity contribution in [3.8, 4) is 5.75 Å². The molecule has 1 amide bonds. The van der Waals surface area contributed by atoms with Crippen LogP contribution in [-0.4, -0.2) is 24.7 Å². The van der Waals surface area contributed by atoms with E-state index in [4.69, 9.17) is 9.47 Å². The van der Waals surface area contributed by atoms with Gasteiger partial charge in [0.15, 0.2) is 0 Å². The number of ether oxygens (including phenoxy) is 2. The van der Waals surface area contributed by atoms with Gasteiger partial charge in [0.05, 0.1) is 6.10 Å². The Hall–Kier alpha value is -2.07. The third kappa shape index (κ3) is 3.70. The maximum atomic E-state index is 13.0. The highest BCUT2D eigenvalue weighted by atomic mass is 16.5. The normalized spacial score (nSPS) is 17.7. The molecule has 1 N–H and O–H groups in total. The van der Waals surface area contributed by atoms with Gasteiger partial charge in [-0.3, -0.25) is 4.79 Å². The van der Waals surface area contributed by atoms with Crippen LogP contribution in [0, 0.1) is 0 Å². The molecule has 0 heterocycles. The molecule has 2 aromatic carbocycles. The predicted molar refractivity (Wildman–Crippen MR) is 106 cm³/mol. The van der Waals surface area contributed by atoms with Crippen LogP contribution in [0.3, 0.4) is 0 Å². The van der Waals surface area contributed by atoms with E-state index in [1.807, 2.05) is 36.4 Å². The van der Waals surface area contributed by atoms with Crippen molar-refractivity contribution in [1.82, 2.24) is 0 Å². The molecule has 0 aliphatic heterocycles. The number of hydrogen-bond donors (Lipinski definition) is 1. The van der Waals surface area contributed by atoms with Crippen molar-refractivity contribution >= 4 is 22.4 Å². The van der Waals surface area contributed by atoms with Crippen LogP contribution < -0.4 is 10.1 Å². The van der Waals surface area contributed by atoms with Crippen molar-refractivity contribution < 1.29 is 14.3 Å². The van der Waals surface area contributed by atoms with E-state index in [-0.39, 0.29) is 12.0 Å².